The van der Waals surface area contributed by atoms with E-state index in [1.807, 2.05) is 0 Å². The van der Waals surface area contributed by atoms with Gasteiger partial charge >= 0.3 is 6.03 Å². The van der Waals surface area contributed by atoms with E-state index in [4.69, 9.17) is 5.73 Å². The number of likely N-dealkylation sites (tertiary alicyclic amines) is 1. The standard InChI is InChI=1S/C4H8N4O4S/c5-2-1-8(3(2)9)4(10)7-13(6,11)12/h2H,1,5H2,(H,7,10)(H2,6,11,12). The van der Waals surface area contributed by atoms with Crippen molar-refractivity contribution in [2.24, 2.45) is 10.9 Å². The minimum Gasteiger partial charge on any atom is -0.318 e. The Balaban J connectivity index is 2.57. The summed E-state index contributed by atoms with van der Waals surface area (Å²) < 4.78 is 22.1. The zero-order valence-corrected chi connectivity index (χ0v) is 7.24. The Morgan fingerprint density at radius 1 is 1.62 bits per heavy atom. The van der Waals surface area contributed by atoms with Gasteiger partial charge in [-0.05, 0) is 0 Å². The van der Waals surface area contributed by atoms with Crippen LogP contribution in [-0.2, 0) is 15.0 Å². The fraction of sp³-hybridized carbons (Fsp3) is 0.500. The van der Waals surface area contributed by atoms with Gasteiger partial charge in [0.05, 0.1) is 6.54 Å². The first-order valence-electron chi connectivity index (χ1n) is 3.23. The fourth-order valence-electron chi connectivity index (χ4n) is 0.812. The lowest BCUT2D eigenvalue weighted by atomic mass is 10.1. The lowest BCUT2D eigenvalue weighted by molar-refractivity contribution is -0.137. The predicted molar refractivity (Wildman–Crippen MR) is 41.3 cm³/mol. The maximum atomic E-state index is 10.9. The molecular formula is C4H8N4O4S. The number of nitrogens with one attached hydrogen (secondary N) is 1. The molecule has 1 fully saturated rings. The Bertz CT molecular complexity index is 349. The van der Waals surface area contributed by atoms with E-state index in [9.17, 15) is 18.0 Å². The molecule has 1 saturated heterocycles. The summed E-state index contributed by atoms with van der Waals surface area (Å²) in [6, 6.07) is -1.81. The summed E-state index contributed by atoms with van der Waals surface area (Å²) in [4.78, 5) is 22.3. The number of carbonyl (C=O) groups excluding carboxylic acids is 2. The molecule has 0 aliphatic carbocycles. The first-order chi connectivity index (χ1) is 5.81. The first-order valence-corrected chi connectivity index (χ1v) is 4.77. The maximum Gasteiger partial charge on any atom is 0.338 e. The number of β-lactam (4-membered cyclic amide) rings is 1. The molecule has 0 bridgehead atoms. The number of urea groups is 1. The second-order valence-electron chi connectivity index (χ2n) is 2.51. The highest BCUT2D eigenvalue weighted by molar-refractivity contribution is 7.87. The molecule has 1 unspecified atom stereocenters. The number of nitrogens with zero attached hydrogens (tertiary/aromatic N) is 1. The number of carbonyl (C=O) groups is 2. The van der Waals surface area contributed by atoms with Gasteiger partial charge in [0.25, 0.3) is 10.2 Å². The van der Waals surface area contributed by atoms with Gasteiger partial charge < -0.3 is 5.73 Å². The van der Waals surface area contributed by atoms with Crippen molar-refractivity contribution in [1.29, 1.82) is 0 Å². The summed E-state index contributed by atoms with van der Waals surface area (Å²) in [5, 5.41) is 4.50. The highest BCUT2D eigenvalue weighted by Gasteiger charge is 2.39. The average molecular weight is 208 g/mol. The van der Waals surface area contributed by atoms with Gasteiger partial charge in [0.1, 0.15) is 6.04 Å². The van der Waals surface area contributed by atoms with Gasteiger partial charge in [-0.1, -0.05) is 0 Å². The Hall–Kier alpha value is -1.19. The van der Waals surface area contributed by atoms with E-state index in [2.05, 4.69) is 5.14 Å². The summed E-state index contributed by atoms with van der Waals surface area (Å²) >= 11 is 0. The molecule has 0 aromatic carbocycles. The highest BCUT2D eigenvalue weighted by atomic mass is 32.2. The molecule has 5 N–H and O–H groups in total. The molecule has 0 saturated carbocycles. The topological polar surface area (TPSA) is 136 Å². The van der Waals surface area contributed by atoms with Gasteiger partial charge in [0.2, 0.25) is 5.91 Å². The van der Waals surface area contributed by atoms with Crippen LogP contribution in [0.1, 0.15) is 0 Å². The second-order valence-corrected chi connectivity index (χ2v) is 3.80. The molecule has 13 heavy (non-hydrogen) atoms. The molecule has 9 heteroatoms. The predicted octanol–water partition coefficient (Wildman–Crippen LogP) is -2.93. The van der Waals surface area contributed by atoms with E-state index in [0.29, 0.717) is 4.90 Å². The van der Waals surface area contributed by atoms with Crippen LogP contribution in [0.15, 0.2) is 0 Å². The van der Waals surface area contributed by atoms with E-state index in [1.165, 1.54) is 4.72 Å². The van der Waals surface area contributed by atoms with Crippen molar-refractivity contribution in [2.45, 2.75) is 6.04 Å². The number of rotatable bonds is 1. The molecule has 1 heterocycles. The summed E-state index contributed by atoms with van der Waals surface area (Å²) in [5.41, 5.74) is 5.16. The minimum absolute atomic E-state index is 0.000185. The van der Waals surface area contributed by atoms with Crippen LogP contribution in [-0.4, -0.2) is 37.8 Å². The van der Waals surface area contributed by atoms with Gasteiger partial charge in [-0.25, -0.2) is 14.7 Å². The monoisotopic (exact) mass is 208 g/mol. The van der Waals surface area contributed by atoms with Crippen LogP contribution in [0.2, 0.25) is 0 Å². The normalized spacial score (nSPS) is 22.5. The Kier molecular flexibility index (Phi) is 2.24. The van der Waals surface area contributed by atoms with Crippen molar-refractivity contribution in [3.63, 3.8) is 0 Å². The smallest absolute Gasteiger partial charge is 0.318 e. The van der Waals surface area contributed by atoms with Crippen molar-refractivity contribution >= 4 is 22.1 Å². The van der Waals surface area contributed by atoms with E-state index in [1.54, 1.807) is 0 Å². The molecule has 0 spiro atoms. The van der Waals surface area contributed by atoms with Crippen LogP contribution < -0.4 is 15.6 Å². The summed E-state index contributed by atoms with van der Waals surface area (Å²) in [5.74, 6) is -0.624. The molecule has 0 aromatic heterocycles. The van der Waals surface area contributed by atoms with Gasteiger partial charge in [0.15, 0.2) is 0 Å². The van der Waals surface area contributed by atoms with E-state index in [-0.39, 0.29) is 6.54 Å². The minimum atomic E-state index is -4.12. The van der Waals surface area contributed by atoms with E-state index >= 15 is 0 Å². The third-order valence-corrected chi connectivity index (χ3v) is 1.90. The molecule has 0 radical (unpaired) electrons. The van der Waals surface area contributed by atoms with Gasteiger partial charge in [0, 0.05) is 0 Å². The Morgan fingerprint density at radius 2 is 2.15 bits per heavy atom. The van der Waals surface area contributed by atoms with Crippen LogP contribution in [0.25, 0.3) is 0 Å². The fourth-order valence-corrected chi connectivity index (χ4v) is 1.17. The SMILES string of the molecule is NC1CN(C(=O)NS(N)(=O)=O)C1=O. The molecule has 3 amide bonds. The van der Waals surface area contributed by atoms with Crippen LogP contribution in [0.5, 0.6) is 0 Å². The van der Waals surface area contributed by atoms with Crippen molar-refractivity contribution in [1.82, 2.24) is 9.62 Å². The third kappa shape index (κ3) is 2.14. The first kappa shape index (κ1) is 9.89. The van der Waals surface area contributed by atoms with Gasteiger partial charge in [-0.3, -0.25) is 9.69 Å². The molecule has 1 atom stereocenters. The zero-order valence-electron chi connectivity index (χ0n) is 6.43. The van der Waals surface area contributed by atoms with Crippen molar-refractivity contribution in [3.8, 4) is 0 Å². The molecule has 1 aliphatic rings. The van der Waals surface area contributed by atoms with Gasteiger partial charge in [-0.15, -0.1) is 0 Å². The second kappa shape index (κ2) is 2.94. The lowest BCUT2D eigenvalue weighted by Gasteiger charge is -2.33. The summed E-state index contributed by atoms with van der Waals surface area (Å²) in [6.45, 7) is 0.000185. The average Bonchev–Trinajstić information content (AvgIpc) is 1.95. The number of imide groups is 1. The molecule has 74 valence electrons. The molecule has 8 nitrogen and oxygen atoms in total. The highest BCUT2D eigenvalue weighted by Crippen LogP contribution is 2.07. The maximum absolute atomic E-state index is 10.9. The third-order valence-electron chi connectivity index (χ3n) is 1.44. The van der Waals surface area contributed by atoms with Crippen LogP contribution in [0.3, 0.4) is 0 Å². The van der Waals surface area contributed by atoms with Crippen LogP contribution in [0, 0.1) is 0 Å². The van der Waals surface area contributed by atoms with E-state index in [0.717, 1.165) is 0 Å². The molecular weight excluding hydrogens is 200 g/mol. The van der Waals surface area contributed by atoms with Crippen LogP contribution >= 0.6 is 0 Å². The molecule has 1 rings (SSSR count). The summed E-state index contributed by atoms with van der Waals surface area (Å²) in [6.07, 6.45) is 0. The Morgan fingerprint density at radius 3 is 2.46 bits per heavy atom. The van der Waals surface area contributed by atoms with Crippen molar-refractivity contribution < 1.29 is 18.0 Å². The van der Waals surface area contributed by atoms with Gasteiger partial charge in [-0.2, -0.15) is 8.42 Å². The molecule has 0 aromatic rings. The number of hydrogen-bond donors (Lipinski definition) is 3. The number of hydrogen-bond acceptors (Lipinski definition) is 5. The van der Waals surface area contributed by atoms with Crippen molar-refractivity contribution in [2.75, 3.05) is 6.54 Å². The lowest BCUT2D eigenvalue weighted by Crippen LogP contribution is -2.65. The Labute approximate surface area is 74.0 Å². The number of amides is 3. The van der Waals surface area contributed by atoms with Crippen molar-refractivity contribution in [3.05, 3.63) is 0 Å². The van der Waals surface area contributed by atoms with E-state index < -0.39 is 28.2 Å². The largest absolute Gasteiger partial charge is 0.338 e. The molecule has 1 aliphatic heterocycles. The number of nitrogens with two attached hydrogens (primary N) is 2. The quantitative estimate of drug-likeness (QED) is 0.396. The zero-order chi connectivity index (χ0) is 10.2. The van der Waals surface area contributed by atoms with Crippen LogP contribution in [0.4, 0.5) is 4.79 Å². The summed E-state index contributed by atoms with van der Waals surface area (Å²) in [7, 11) is -4.12.